The van der Waals surface area contributed by atoms with Crippen molar-refractivity contribution >= 4 is 11.6 Å². The number of hydrogen-bond donors (Lipinski definition) is 3. The fourth-order valence-electron chi connectivity index (χ4n) is 1.20. The Kier molecular flexibility index (Phi) is 14.2. The molecule has 0 heterocycles. The molecule has 0 fully saturated rings. The lowest BCUT2D eigenvalue weighted by Crippen LogP contribution is -2.32. The Labute approximate surface area is 122 Å². The third-order valence-corrected chi connectivity index (χ3v) is 2.40. The van der Waals surface area contributed by atoms with E-state index in [0.29, 0.717) is 0 Å². The van der Waals surface area contributed by atoms with Gasteiger partial charge in [0.2, 0.25) is 5.91 Å². The van der Waals surface area contributed by atoms with Crippen LogP contribution in [0.4, 0.5) is 5.69 Å². The highest BCUT2D eigenvalue weighted by molar-refractivity contribution is 5.94. The Balaban J connectivity index is 0. The van der Waals surface area contributed by atoms with Crippen molar-refractivity contribution in [2.75, 3.05) is 12.4 Å². The van der Waals surface area contributed by atoms with Crippen LogP contribution < -0.4 is 11.1 Å². The lowest BCUT2D eigenvalue weighted by molar-refractivity contribution is -0.117. The SMILES string of the molecule is C/C=C\C.CCc1ccccc1NC(=O)[C@H](C)N.CO. The Morgan fingerprint density at radius 2 is 1.80 bits per heavy atom. The number of amides is 1. The molecule has 1 aromatic carbocycles. The number of hydrogen-bond acceptors (Lipinski definition) is 3. The van der Waals surface area contributed by atoms with E-state index in [4.69, 9.17) is 10.8 Å². The number of anilines is 1. The average molecular weight is 280 g/mol. The number of aliphatic hydroxyl groups excluding tert-OH is 1. The fraction of sp³-hybridized carbons (Fsp3) is 0.438. The Morgan fingerprint density at radius 3 is 2.20 bits per heavy atom. The molecule has 0 radical (unpaired) electrons. The summed E-state index contributed by atoms with van der Waals surface area (Å²) in [5.41, 5.74) is 7.45. The summed E-state index contributed by atoms with van der Waals surface area (Å²) in [6.45, 7) is 7.72. The first-order chi connectivity index (χ1) is 9.56. The van der Waals surface area contributed by atoms with Crippen LogP contribution in [0.25, 0.3) is 0 Å². The van der Waals surface area contributed by atoms with Crippen LogP contribution in [0.3, 0.4) is 0 Å². The number of para-hydroxylation sites is 1. The minimum absolute atomic E-state index is 0.147. The number of carbonyl (C=O) groups is 1. The molecule has 0 bridgehead atoms. The maximum Gasteiger partial charge on any atom is 0.241 e. The van der Waals surface area contributed by atoms with Gasteiger partial charge in [-0.3, -0.25) is 4.79 Å². The highest BCUT2D eigenvalue weighted by atomic mass is 16.2. The van der Waals surface area contributed by atoms with E-state index in [1.165, 1.54) is 0 Å². The molecule has 4 N–H and O–H groups in total. The number of aliphatic hydroxyl groups is 1. The second kappa shape index (κ2) is 13.8. The third-order valence-electron chi connectivity index (χ3n) is 2.40. The van der Waals surface area contributed by atoms with Crippen molar-refractivity contribution in [2.45, 2.75) is 40.2 Å². The first-order valence-electron chi connectivity index (χ1n) is 6.73. The number of nitrogens with one attached hydrogen (secondary N) is 1. The van der Waals surface area contributed by atoms with Gasteiger partial charge < -0.3 is 16.2 Å². The van der Waals surface area contributed by atoms with Crippen molar-refractivity contribution in [3.63, 3.8) is 0 Å². The third kappa shape index (κ3) is 9.30. The van der Waals surface area contributed by atoms with Crippen molar-refractivity contribution in [3.8, 4) is 0 Å². The molecule has 0 saturated carbocycles. The van der Waals surface area contributed by atoms with Crippen LogP contribution in [0, 0.1) is 0 Å². The molecule has 0 aliphatic carbocycles. The summed E-state index contributed by atoms with van der Waals surface area (Å²) in [5, 5.41) is 9.80. The average Bonchev–Trinajstić information content (AvgIpc) is 2.50. The maximum atomic E-state index is 11.3. The number of nitrogens with two attached hydrogens (primary N) is 1. The Bertz CT molecular complexity index is 384. The van der Waals surface area contributed by atoms with Gasteiger partial charge in [0.15, 0.2) is 0 Å². The Morgan fingerprint density at radius 1 is 1.30 bits per heavy atom. The fourth-order valence-corrected chi connectivity index (χ4v) is 1.20. The van der Waals surface area contributed by atoms with Gasteiger partial charge in [-0.05, 0) is 38.8 Å². The summed E-state index contributed by atoms with van der Waals surface area (Å²) in [6.07, 6.45) is 4.90. The summed E-state index contributed by atoms with van der Waals surface area (Å²) in [5.74, 6) is -0.147. The van der Waals surface area contributed by atoms with Crippen LogP contribution in [0.15, 0.2) is 36.4 Å². The first kappa shape index (κ1) is 20.7. The summed E-state index contributed by atoms with van der Waals surface area (Å²) in [6, 6.07) is 7.27. The van der Waals surface area contributed by atoms with Crippen LogP contribution in [0.1, 0.15) is 33.3 Å². The molecule has 4 nitrogen and oxygen atoms in total. The van der Waals surface area contributed by atoms with Gasteiger partial charge in [0.25, 0.3) is 0 Å². The standard InChI is InChI=1S/C11H16N2O.C4H8.CH4O/c1-3-9-6-4-5-7-10(9)13-11(14)8(2)12;1-3-4-2;1-2/h4-8H,3,12H2,1-2H3,(H,13,14);3-4H,1-2H3;2H,1H3/b;4-3-;/t8-;;/m0../s1. The van der Waals surface area contributed by atoms with Gasteiger partial charge in [-0.25, -0.2) is 0 Å². The minimum atomic E-state index is -0.472. The maximum absolute atomic E-state index is 11.3. The van der Waals surface area contributed by atoms with E-state index in [0.717, 1.165) is 24.8 Å². The highest BCUT2D eigenvalue weighted by Gasteiger charge is 2.08. The second-order valence-corrected chi connectivity index (χ2v) is 3.96. The lowest BCUT2D eigenvalue weighted by atomic mass is 10.1. The summed E-state index contributed by atoms with van der Waals surface area (Å²) >= 11 is 0. The van der Waals surface area contributed by atoms with E-state index in [2.05, 4.69) is 12.2 Å². The van der Waals surface area contributed by atoms with E-state index in [1.807, 2.05) is 50.3 Å². The molecule has 0 unspecified atom stereocenters. The van der Waals surface area contributed by atoms with Crippen LogP contribution >= 0.6 is 0 Å². The van der Waals surface area contributed by atoms with Crippen LogP contribution in [0.2, 0.25) is 0 Å². The monoisotopic (exact) mass is 280 g/mol. The molecule has 0 aliphatic heterocycles. The van der Waals surface area contributed by atoms with Gasteiger partial charge in [-0.2, -0.15) is 0 Å². The highest BCUT2D eigenvalue weighted by Crippen LogP contribution is 2.15. The van der Waals surface area contributed by atoms with Crippen molar-refractivity contribution in [2.24, 2.45) is 5.73 Å². The normalized spacial score (nSPS) is 10.8. The number of allylic oxidation sites excluding steroid dienone is 2. The molecule has 1 rings (SSSR count). The molecule has 114 valence electrons. The molecule has 0 spiro atoms. The molecule has 1 amide bonds. The summed E-state index contributed by atoms with van der Waals surface area (Å²) in [4.78, 5) is 11.3. The Hall–Kier alpha value is -1.65. The van der Waals surface area contributed by atoms with Crippen molar-refractivity contribution in [1.82, 2.24) is 0 Å². The van der Waals surface area contributed by atoms with Gasteiger partial charge in [0.05, 0.1) is 6.04 Å². The van der Waals surface area contributed by atoms with E-state index in [-0.39, 0.29) is 5.91 Å². The molecular weight excluding hydrogens is 252 g/mol. The number of benzene rings is 1. The van der Waals surface area contributed by atoms with Gasteiger partial charge in [-0.15, -0.1) is 0 Å². The summed E-state index contributed by atoms with van der Waals surface area (Å²) in [7, 11) is 1.00. The topological polar surface area (TPSA) is 75.4 Å². The van der Waals surface area contributed by atoms with Gasteiger partial charge in [0, 0.05) is 12.8 Å². The number of aryl methyl sites for hydroxylation is 1. The lowest BCUT2D eigenvalue weighted by Gasteiger charge is -2.11. The minimum Gasteiger partial charge on any atom is -0.400 e. The predicted molar refractivity (Wildman–Crippen MR) is 86.7 cm³/mol. The largest absolute Gasteiger partial charge is 0.400 e. The predicted octanol–water partition coefficient (Wildman–Crippen LogP) is 2.73. The number of carbonyl (C=O) groups excluding carboxylic acids is 1. The zero-order chi connectivity index (χ0) is 16.0. The van der Waals surface area contributed by atoms with Crippen molar-refractivity contribution in [1.29, 1.82) is 0 Å². The van der Waals surface area contributed by atoms with Gasteiger partial charge in [0.1, 0.15) is 0 Å². The van der Waals surface area contributed by atoms with Gasteiger partial charge in [-0.1, -0.05) is 37.3 Å². The van der Waals surface area contributed by atoms with Gasteiger partial charge >= 0.3 is 0 Å². The molecule has 0 saturated heterocycles. The summed E-state index contributed by atoms with van der Waals surface area (Å²) < 4.78 is 0. The van der Waals surface area contributed by atoms with Crippen LogP contribution in [-0.4, -0.2) is 24.2 Å². The van der Waals surface area contributed by atoms with E-state index in [1.54, 1.807) is 6.92 Å². The molecule has 1 atom stereocenters. The molecular formula is C16H28N2O2. The first-order valence-corrected chi connectivity index (χ1v) is 6.73. The smallest absolute Gasteiger partial charge is 0.241 e. The van der Waals surface area contributed by atoms with E-state index >= 15 is 0 Å². The molecule has 0 aliphatic rings. The van der Waals surface area contributed by atoms with Crippen LogP contribution in [0.5, 0.6) is 0 Å². The van der Waals surface area contributed by atoms with E-state index in [9.17, 15) is 4.79 Å². The van der Waals surface area contributed by atoms with Crippen molar-refractivity contribution < 1.29 is 9.90 Å². The number of rotatable bonds is 3. The molecule has 0 aromatic heterocycles. The van der Waals surface area contributed by atoms with E-state index < -0.39 is 6.04 Å². The zero-order valence-corrected chi connectivity index (χ0v) is 13.2. The van der Waals surface area contributed by atoms with Crippen LogP contribution in [-0.2, 0) is 11.2 Å². The van der Waals surface area contributed by atoms with Crippen molar-refractivity contribution in [3.05, 3.63) is 42.0 Å². The second-order valence-electron chi connectivity index (χ2n) is 3.96. The molecule has 4 heteroatoms. The molecule has 20 heavy (non-hydrogen) atoms. The molecule has 1 aromatic rings. The zero-order valence-electron chi connectivity index (χ0n) is 13.2. The quantitative estimate of drug-likeness (QED) is 0.745.